The summed E-state index contributed by atoms with van der Waals surface area (Å²) in [5.74, 6) is -1.02. The Morgan fingerprint density at radius 1 is 1.00 bits per heavy atom. The quantitative estimate of drug-likeness (QED) is 0.573. The normalized spacial score (nSPS) is 10.5. The first-order valence-electron chi connectivity index (χ1n) is 4.48. The van der Waals surface area contributed by atoms with Gasteiger partial charge in [0.05, 0.1) is 21.3 Å². The number of rotatable bonds is 2. The van der Waals surface area contributed by atoms with Gasteiger partial charge < -0.3 is 4.74 Å². The molecule has 8 heteroatoms. The first-order valence-corrected chi connectivity index (χ1v) is 5.99. The van der Waals surface area contributed by atoms with E-state index < -0.39 is 5.82 Å². The fraction of sp³-hybridized carbons (Fsp3) is 0. The average Bonchev–Trinajstić information content (AvgIpc) is 2.30. The maximum Gasteiger partial charge on any atom is 0.260 e. The number of ether oxygens (including phenoxy) is 1. The topological polar surface area (TPSA) is 35.0 Å². The highest BCUT2D eigenvalue weighted by Gasteiger charge is 2.13. The average molecular weight is 328 g/mol. The van der Waals surface area contributed by atoms with Gasteiger partial charge in [0.25, 0.3) is 5.88 Å². The Kier molecular flexibility index (Phi) is 4.12. The van der Waals surface area contributed by atoms with Crippen molar-refractivity contribution in [1.29, 1.82) is 0 Å². The summed E-state index contributed by atoms with van der Waals surface area (Å²) >= 11 is 23.0. The zero-order chi connectivity index (χ0) is 13.3. The second-order valence-electron chi connectivity index (χ2n) is 3.09. The first-order chi connectivity index (χ1) is 8.47. The summed E-state index contributed by atoms with van der Waals surface area (Å²) in [5.41, 5.74) is 0. The zero-order valence-corrected chi connectivity index (χ0v) is 11.4. The van der Waals surface area contributed by atoms with Crippen molar-refractivity contribution in [2.45, 2.75) is 0 Å². The van der Waals surface area contributed by atoms with E-state index in [1.807, 2.05) is 0 Å². The molecule has 0 aliphatic heterocycles. The fourth-order valence-corrected chi connectivity index (χ4v) is 1.79. The summed E-state index contributed by atoms with van der Waals surface area (Å²) in [6.45, 7) is 0. The van der Waals surface area contributed by atoms with Crippen LogP contribution in [-0.2, 0) is 0 Å². The Labute approximate surface area is 121 Å². The van der Waals surface area contributed by atoms with E-state index in [0.717, 1.165) is 6.20 Å². The van der Waals surface area contributed by atoms with Crippen molar-refractivity contribution in [1.82, 2.24) is 9.97 Å². The molecule has 0 bridgehead atoms. The fourth-order valence-electron chi connectivity index (χ4n) is 1.09. The molecule has 0 saturated heterocycles. The predicted molar refractivity (Wildman–Crippen MR) is 68.5 cm³/mol. The number of benzene rings is 1. The van der Waals surface area contributed by atoms with Crippen molar-refractivity contribution in [3.05, 3.63) is 44.5 Å². The summed E-state index contributed by atoms with van der Waals surface area (Å²) in [6.07, 6.45) is 0.885. The van der Waals surface area contributed by atoms with E-state index in [1.54, 1.807) is 0 Å². The molecule has 2 aromatic rings. The Balaban J connectivity index is 2.40. The minimum atomic E-state index is -0.776. The lowest BCUT2D eigenvalue weighted by molar-refractivity contribution is 0.420. The van der Waals surface area contributed by atoms with E-state index in [0.29, 0.717) is 0 Å². The number of aromatic nitrogens is 2. The van der Waals surface area contributed by atoms with E-state index in [4.69, 9.17) is 51.1 Å². The molecule has 0 radical (unpaired) electrons. The van der Waals surface area contributed by atoms with Crippen LogP contribution in [0.4, 0.5) is 4.39 Å². The molecule has 0 aliphatic carbocycles. The van der Waals surface area contributed by atoms with E-state index in [9.17, 15) is 4.39 Å². The molecule has 0 fully saturated rings. The summed E-state index contributed by atoms with van der Waals surface area (Å²) in [7, 11) is 0. The molecule has 0 unspecified atom stereocenters. The summed E-state index contributed by atoms with van der Waals surface area (Å²) in [4.78, 5) is 7.04. The van der Waals surface area contributed by atoms with Crippen LogP contribution in [0.1, 0.15) is 0 Å². The van der Waals surface area contributed by atoms with E-state index >= 15 is 0 Å². The van der Waals surface area contributed by atoms with Crippen LogP contribution in [0.15, 0.2) is 18.3 Å². The van der Waals surface area contributed by atoms with Gasteiger partial charge in [-0.15, -0.1) is 0 Å². The predicted octanol–water partition coefficient (Wildman–Crippen LogP) is 5.02. The van der Waals surface area contributed by atoms with Crippen LogP contribution in [-0.4, -0.2) is 9.97 Å². The van der Waals surface area contributed by atoms with Gasteiger partial charge in [-0.1, -0.05) is 34.8 Å². The van der Waals surface area contributed by atoms with Crippen molar-refractivity contribution in [2.75, 3.05) is 0 Å². The minimum absolute atomic E-state index is 0.111. The smallest absolute Gasteiger partial charge is 0.260 e. The third kappa shape index (κ3) is 2.95. The Morgan fingerprint density at radius 3 is 2.39 bits per heavy atom. The van der Waals surface area contributed by atoms with Gasteiger partial charge in [-0.3, -0.25) is 0 Å². The molecule has 0 atom stereocenters. The lowest BCUT2D eigenvalue weighted by Gasteiger charge is -2.08. The van der Waals surface area contributed by atoms with Crippen molar-refractivity contribution >= 4 is 46.4 Å². The van der Waals surface area contributed by atoms with Crippen LogP contribution in [0.5, 0.6) is 11.6 Å². The SMILES string of the molecule is Fc1cnc(Cl)nc1Oc1cc(Cl)c(Cl)cc1Cl. The molecular weight excluding hydrogens is 325 g/mol. The molecule has 0 spiro atoms. The third-order valence-corrected chi connectivity index (χ3v) is 3.06. The second-order valence-corrected chi connectivity index (χ2v) is 4.65. The highest BCUT2D eigenvalue weighted by molar-refractivity contribution is 6.43. The lowest BCUT2D eigenvalue weighted by atomic mass is 10.3. The van der Waals surface area contributed by atoms with Crippen LogP contribution in [0.2, 0.25) is 20.4 Å². The molecule has 94 valence electrons. The van der Waals surface area contributed by atoms with E-state index in [1.165, 1.54) is 12.1 Å². The summed E-state index contributed by atoms with van der Waals surface area (Å²) in [6, 6.07) is 2.73. The highest BCUT2D eigenvalue weighted by atomic mass is 35.5. The van der Waals surface area contributed by atoms with Crippen molar-refractivity contribution in [3.63, 3.8) is 0 Å². The third-order valence-electron chi connectivity index (χ3n) is 1.86. The lowest BCUT2D eigenvalue weighted by Crippen LogP contribution is -1.95. The standard InChI is InChI=1S/C10H3Cl4FN2O/c11-4-1-6(13)8(2-5(4)12)18-9-7(15)3-16-10(14)17-9/h1-3H. The van der Waals surface area contributed by atoms with Gasteiger partial charge in [0.1, 0.15) is 5.75 Å². The van der Waals surface area contributed by atoms with Gasteiger partial charge in [-0.05, 0) is 17.7 Å². The molecule has 2 rings (SSSR count). The number of hydrogen-bond donors (Lipinski definition) is 0. The molecule has 0 N–H and O–H groups in total. The minimum Gasteiger partial charge on any atom is -0.435 e. The molecule has 1 aromatic carbocycles. The molecule has 1 heterocycles. The van der Waals surface area contributed by atoms with Gasteiger partial charge >= 0.3 is 0 Å². The van der Waals surface area contributed by atoms with Gasteiger partial charge in [0, 0.05) is 6.07 Å². The van der Waals surface area contributed by atoms with Gasteiger partial charge in [-0.2, -0.15) is 9.37 Å². The van der Waals surface area contributed by atoms with Crippen LogP contribution in [0.3, 0.4) is 0 Å². The Morgan fingerprint density at radius 2 is 1.67 bits per heavy atom. The van der Waals surface area contributed by atoms with Gasteiger partial charge in [0.15, 0.2) is 0 Å². The maximum atomic E-state index is 13.4. The zero-order valence-electron chi connectivity index (χ0n) is 8.42. The van der Waals surface area contributed by atoms with Crippen LogP contribution in [0.25, 0.3) is 0 Å². The van der Waals surface area contributed by atoms with E-state index in [-0.39, 0.29) is 32.0 Å². The molecule has 0 aliphatic rings. The monoisotopic (exact) mass is 326 g/mol. The molecule has 3 nitrogen and oxygen atoms in total. The largest absolute Gasteiger partial charge is 0.435 e. The molecule has 1 aromatic heterocycles. The second kappa shape index (κ2) is 5.45. The van der Waals surface area contributed by atoms with Crippen molar-refractivity contribution in [2.24, 2.45) is 0 Å². The summed E-state index contributed by atoms with van der Waals surface area (Å²) in [5, 5.41) is 0.493. The van der Waals surface area contributed by atoms with Crippen LogP contribution < -0.4 is 4.74 Å². The van der Waals surface area contributed by atoms with Crippen molar-refractivity contribution in [3.8, 4) is 11.6 Å². The van der Waals surface area contributed by atoms with Gasteiger partial charge in [-0.25, -0.2) is 4.98 Å². The van der Waals surface area contributed by atoms with E-state index in [2.05, 4.69) is 9.97 Å². The number of nitrogens with zero attached hydrogens (tertiary/aromatic N) is 2. The molecule has 18 heavy (non-hydrogen) atoms. The maximum absolute atomic E-state index is 13.4. The highest BCUT2D eigenvalue weighted by Crippen LogP contribution is 2.36. The van der Waals surface area contributed by atoms with Gasteiger partial charge in [0.2, 0.25) is 11.1 Å². The summed E-state index contributed by atoms with van der Waals surface area (Å²) < 4.78 is 18.5. The van der Waals surface area contributed by atoms with Crippen LogP contribution in [0, 0.1) is 5.82 Å². The van der Waals surface area contributed by atoms with Crippen molar-refractivity contribution < 1.29 is 9.13 Å². The number of hydrogen-bond acceptors (Lipinski definition) is 3. The molecule has 0 saturated carbocycles. The Hall–Kier alpha value is -0.810. The first kappa shape index (κ1) is 13.6. The molecule has 0 amide bonds. The van der Waals surface area contributed by atoms with Crippen LogP contribution >= 0.6 is 46.4 Å². The molecular formula is C10H3Cl4FN2O. The number of halogens is 5. The Bertz CT molecular complexity index is 609.